The molecule has 0 unspecified atom stereocenters. The van der Waals surface area contributed by atoms with E-state index in [9.17, 15) is 14.7 Å². The molecule has 5 heteroatoms. The van der Waals surface area contributed by atoms with Crippen LogP contribution < -0.4 is 5.32 Å². The zero-order valence-corrected chi connectivity index (χ0v) is 14.0. The number of aliphatic carboxylic acids is 1. The average molecular weight is 342 g/mol. The van der Waals surface area contributed by atoms with Crippen LogP contribution in [0.25, 0.3) is 0 Å². The Bertz CT molecular complexity index is 550. The van der Waals surface area contributed by atoms with E-state index in [1.807, 2.05) is 19.1 Å². The largest absolute Gasteiger partial charge is 0.481 e. The predicted molar refractivity (Wildman–Crippen MR) is 81.8 cm³/mol. The summed E-state index contributed by atoms with van der Waals surface area (Å²) in [6.07, 6.45) is 0. The second-order valence-electron chi connectivity index (χ2n) is 5.97. The molecular formula is C15H20BrNO3. The molecule has 2 N–H and O–H groups in total. The van der Waals surface area contributed by atoms with Gasteiger partial charge in [-0.3, -0.25) is 9.59 Å². The molecule has 0 radical (unpaired) electrons. The first-order chi connectivity index (χ1) is 8.99. The molecule has 0 atom stereocenters. The number of carboxylic acids is 1. The van der Waals surface area contributed by atoms with Gasteiger partial charge >= 0.3 is 5.97 Å². The number of carboxylic acid groups (broad SMARTS) is 1. The van der Waals surface area contributed by atoms with Crippen LogP contribution in [0.1, 0.15) is 43.6 Å². The fraction of sp³-hybridized carbons (Fsp3) is 0.467. The Balaban J connectivity index is 3.06. The maximum atomic E-state index is 12.4. The fourth-order valence-corrected chi connectivity index (χ4v) is 1.97. The number of aryl methyl sites for hydroxylation is 1. The zero-order valence-electron chi connectivity index (χ0n) is 12.4. The van der Waals surface area contributed by atoms with Crippen molar-refractivity contribution in [3.8, 4) is 0 Å². The van der Waals surface area contributed by atoms with E-state index in [4.69, 9.17) is 0 Å². The maximum absolute atomic E-state index is 12.4. The van der Waals surface area contributed by atoms with E-state index >= 15 is 0 Å². The number of nitrogens with one attached hydrogen (secondary N) is 1. The summed E-state index contributed by atoms with van der Waals surface area (Å²) in [4.78, 5) is 23.7. The van der Waals surface area contributed by atoms with E-state index in [0.29, 0.717) is 5.56 Å². The van der Waals surface area contributed by atoms with Crippen molar-refractivity contribution < 1.29 is 14.7 Å². The standard InChI is InChI=1S/C15H20BrNO3/c1-9-6-7-10(16)8-11(9)12(18)17-15(4,5)14(2,3)13(19)20/h6-8H,1-5H3,(H,17,18)(H,19,20). The molecule has 0 aliphatic heterocycles. The number of hydrogen-bond donors (Lipinski definition) is 2. The summed E-state index contributed by atoms with van der Waals surface area (Å²) in [5.74, 6) is -1.23. The van der Waals surface area contributed by atoms with Crippen molar-refractivity contribution in [2.24, 2.45) is 5.41 Å². The summed E-state index contributed by atoms with van der Waals surface area (Å²) in [6.45, 7) is 8.47. The highest BCUT2D eigenvalue weighted by molar-refractivity contribution is 9.10. The first-order valence-electron chi connectivity index (χ1n) is 6.31. The van der Waals surface area contributed by atoms with Gasteiger partial charge in [-0.05, 0) is 52.3 Å². The van der Waals surface area contributed by atoms with Crippen LogP contribution in [0.5, 0.6) is 0 Å². The van der Waals surface area contributed by atoms with Gasteiger partial charge in [0.05, 0.1) is 11.0 Å². The van der Waals surface area contributed by atoms with Gasteiger partial charge in [0.15, 0.2) is 0 Å². The quantitative estimate of drug-likeness (QED) is 0.882. The number of halogens is 1. The van der Waals surface area contributed by atoms with Crippen LogP contribution in [0, 0.1) is 12.3 Å². The molecular weight excluding hydrogens is 322 g/mol. The third-order valence-electron chi connectivity index (χ3n) is 3.97. The van der Waals surface area contributed by atoms with Crippen molar-refractivity contribution in [1.82, 2.24) is 5.32 Å². The van der Waals surface area contributed by atoms with Crippen molar-refractivity contribution >= 4 is 27.8 Å². The third-order valence-corrected chi connectivity index (χ3v) is 4.46. The SMILES string of the molecule is Cc1ccc(Br)cc1C(=O)NC(C)(C)C(C)(C)C(=O)O. The van der Waals surface area contributed by atoms with Crippen molar-refractivity contribution in [1.29, 1.82) is 0 Å². The van der Waals surface area contributed by atoms with Gasteiger partial charge in [0.1, 0.15) is 0 Å². The Morgan fingerprint density at radius 2 is 1.75 bits per heavy atom. The summed E-state index contributed by atoms with van der Waals surface area (Å²) in [5.41, 5.74) is -0.587. The number of rotatable bonds is 4. The molecule has 1 aromatic carbocycles. The van der Waals surface area contributed by atoms with Crippen molar-refractivity contribution in [2.75, 3.05) is 0 Å². The molecule has 0 aliphatic rings. The Morgan fingerprint density at radius 3 is 2.25 bits per heavy atom. The monoisotopic (exact) mass is 341 g/mol. The molecule has 0 aromatic heterocycles. The van der Waals surface area contributed by atoms with Crippen molar-refractivity contribution in [2.45, 2.75) is 40.2 Å². The van der Waals surface area contributed by atoms with Gasteiger partial charge in [0.25, 0.3) is 5.91 Å². The molecule has 0 saturated heterocycles. The highest BCUT2D eigenvalue weighted by Gasteiger charge is 2.44. The van der Waals surface area contributed by atoms with Gasteiger partial charge in [0, 0.05) is 10.0 Å². The summed E-state index contributed by atoms with van der Waals surface area (Å²) in [7, 11) is 0. The van der Waals surface area contributed by atoms with Gasteiger partial charge in [0.2, 0.25) is 0 Å². The number of benzene rings is 1. The first kappa shape index (κ1) is 16.7. The van der Waals surface area contributed by atoms with Crippen LogP contribution >= 0.6 is 15.9 Å². The Labute approximate surface area is 127 Å². The minimum absolute atomic E-state index is 0.275. The zero-order chi connectivity index (χ0) is 15.7. The van der Waals surface area contributed by atoms with Gasteiger partial charge in [-0.15, -0.1) is 0 Å². The van der Waals surface area contributed by atoms with E-state index in [2.05, 4.69) is 21.2 Å². The van der Waals surface area contributed by atoms with Crippen LogP contribution in [-0.2, 0) is 4.79 Å². The van der Waals surface area contributed by atoms with Crippen LogP contribution in [0.15, 0.2) is 22.7 Å². The molecule has 0 saturated carbocycles. The minimum atomic E-state index is -1.08. The molecule has 0 bridgehead atoms. The molecule has 1 aromatic rings. The van der Waals surface area contributed by atoms with Gasteiger partial charge in [-0.25, -0.2) is 0 Å². The maximum Gasteiger partial charge on any atom is 0.311 e. The van der Waals surface area contributed by atoms with Crippen LogP contribution in [0.4, 0.5) is 0 Å². The molecule has 110 valence electrons. The molecule has 0 spiro atoms. The Morgan fingerprint density at radius 1 is 1.20 bits per heavy atom. The Hall–Kier alpha value is -1.36. The summed E-state index contributed by atoms with van der Waals surface area (Å²) >= 11 is 3.33. The van der Waals surface area contributed by atoms with E-state index < -0.39 is 16.9 Å². The molecule has 1 rings (SSSR count). The van der Waals surface area contributed by atoms with Crippen LogP contribution in [-0.4, -0.2) is 22.5 Å². The lowest BCUT2D eigenvalue weighted by Crippen LogP contribution is -2.57. The second kappa shape index (κ2) is 5.56. The topological polar surface area (TPSA) is 66.4 Å². The van der Waals surface area contributed by atoms with Gasteiger partial charge in [-0.1, -0.05) is 22.0 Å². The average Bonchev–Trinajstić information content (AvgIpc) is 2.31. The number of carbonyl (C=O) groups excluding carboxylic acids is 1. The molecule has 1 amide bonds. The van der Waals surface area contributed by atoms with E-state index in [-0.39, 0.29) is 5.91 Å². The lowest BCUT2D eigenvalue weighted by molar-refractivity contribution is -0.150. The van der Waals surface area contributed by atoms with Crippen molar-refractivity contribution in [3.05, 3.63) is 33.8 Å². The second-order valence-corrected chi connectivity index (χ2v) is 6.88. The molecule has 0 heterocycles. The van der Waals surface area contributed by atoms with E-state index in [0.717, 1.165) is 10.0 Å². The normalized spacial score (nSPS) is 12.1. The van der Waals surface area contributed by atoms with E-state index in [1.54, 1.807) is 33.8 Å². The smallest absolute Gasteiger partial charge is 0.311 e. The number of amides is 1. The summed E-state index contributed by atoms with van der Waals surface area (Å²) in [6, 6.07) is 5.43. The fourth-order valence-electron chi connectivity index (χ4n) is 1.61. The Kier molecular flexibility index (Phi) is 4.64. The first-order valence-corrected chi connectivity index (χ1v) is 7.10. The third kappa shape index (κ3) is 3.20. The van der Waals surface area contributed by atoms with Crippen LogP contribution in [0.2, 0.25) is 0 Å². The molecule has 0 aliphatic carbocycles. The van der Waals surface area contributed by atoms with Crippen LogP contribution in [0.3, 0.4) is 0 Å². The van der Waals surface area contributed by atoms with Crippen molar-refractivity contribution in [3.63, 3.8) is 0 Å². The molecule has 20 heavy (non-hydrogen) atoms. The summed E-state index contributed by atoms with van der Waals surface area (Å²) in [5, 5.41) is 12.1. The molecule has 0 fully saturated rings. The minimum Gasteiger partial charge on any atom is -0.481 e. The predicted octanol–water partition coefficient (Wildman–Crippen LogP) is 3.38. The van der Waals surface area contributed by atoms with E-state index in [1.165, 1.54) is 0 Å². The number of hydrogen-bond acceptors (Lipinski definition) is 2. The highest BCUT2D eigenvalue weighted by atomic mass is 79.9. The van der Waals surface area contributed by atoms with Gasteiger partial charge < -0.3 is 10.4 Å². The van der Waals surface area contributed by atoms with Gasteiger partial charge in [-0.2, -0.15) is 0 Å². The summed E-state index contributed by atoms with van der Waals surface area (Å²) < 4.78 is 0.809. The highest BCUT2D eigenvalue weighted by Crippen LogP contribution is 2.31. The lowest BCUT2D eigenvalue weighted by Gasteiger charge is -2.38. The number of carbonyl (C=O) groups is 2. The lowest BCUT2D eigenvalue weighted by atomic mass is 9.74. The molecule has 4 nitrogen and oxygen atoms in total.